The fourth-order valence-electron chi connectivity index (χ4n) is 4.14. The molecule has 3 nitrogen and oxygen atoms in total. The molecule has 1 amide bonds. The molecule has 1 fully saturated rings. The number of hydrogen-bond donors (Lipinski definition) is 1. The summed E-state index contributed by atoms with van der Waals surface area (Å²) >= 11 is 6.34. The second-order valence-corrected chi connectivity index (χ2v) is 8.51. The Hall–Kier alpha value is -2.43. The van der Waals surface area contributed by atoms with E-state index in [1.54, 1.807) is 13.0 Å². The molecule has 0 atom stereocenters. The first-order valence-corrected chi connectivity index (χ1v) is 10.8. The van der Waals surface area contributed by atoms with Crippen molar-refractivity contribution in [3.8, 4) is 0 Å². The second kappa shape index (κ2) is 9.15. The number of likely N-dealkylation sites (tertiary alicyclic amines) is 1. The lowest BCUT2D eigenvalue weighted by atomic mass is 9.95. The largest absolute Gasteiger partial charge is 0.352 e. The van der Waals surface area contributed by atoms with Gasteiger partial charge in [-0.2, -0.15) is 0 Å². The average Bonchev–Trinajstić information content (AvgIpc) is 2.77. The van der Waals surface area contributed by atoms with Crippen LogP contribution in [0.3, 0.4) is 0 Å². The Morgan fingerprint density at radius 2 is 1.83 bits per heavy atom. The van der Waals surface area contributed by atoms with Gasteiger partial charge in [0.25, 0.3) is 0 Å². The summed E-state index contributed by atoms with van der Waals surface area (Å²) in [7, 11) is 0. The van der Waals surface area contributed by atoms with Crippen LogP contribution in [0.2, 0.25) is 5.02 Å². The van der Waals surface area contributed by atoms with Gasteiger partial charge in [0.15, 0.2) is 0 Å². The molecule has 1 aliphatic rings. The summed E-state index contributed by atoms with van der Waals surface area (Å²) in [6, 6.07) is 17.4. The molecule has 0 unspecified atom stereocenters. The highest BCUT2D eigenvalue weighted by Gasteiger charge is 2.25. The van der Waals surface area contributed by atoms with Gasteiger partial charge in [-0.05, 0) is 67.1 Å². The van der Waals surface area contributed by atoms with Crippen LogP contribution in [-0.2, 0) is 17.9 Å². The van der Waals surface area contributed by atoms with Gasteiger partial charge in [-0.3, -0.25) is 9.69 Å². The van der Waals surface area contributed by atoms with Crippen molar-refractivity contribution in [2.24, 2.45) is 5.92 Å². The summed E-state index contributed by atoms with van der Waals surface area (Å²) in [5.74, 6) is -0.157. The molecule has 1 heterocycles. The van der Waals surface area contributed by atoms with E-state index in [0.29, 0.717) is 12.1 Å². The van der Waals surface area contributed by atoms with E-state index in [-0.39, 0.29) is 17.6 Å². The van der Waals surface area contributed by atoms with Gasteiger partial charge in [0, 0.05) is 29.4 Å². The summed E-state index contributed by atoms with van der Waals surface area (Å²) in [4.78, 5) is 15.0. The van der Waals surface area contributed by atoms with E-state index >= 15 is 0 Å². The maximum Gasteiger partial charge on any atom is 0.223 e. The van der Waals surface area contributed by atoms with Gasteiger partial charge >= 0.3 is 0 Å². The molecule has 1 N–H and O–H groups in total. The Labute approximate surface area is 181 Å². The maximum absolute atomic E-state index is 13.7. The Morgan fingerprint density at radius 1 is 1.10 bits per heavy atom. The van der Waals surface area contributed by atoms with Crippen LogP contribution in [0.4, 0.5) is 4.39 Å². The summed E-state index contributed by atoms with van der Waals surface area (Å²) in [5.41, 5.74) is 2.67. The summed E-state index contributed by atoms with van der Waals surface area (Å²) in [6.07, 6.45) is 1.67. The molecule has 30 heavy (non-hydrogen) atoms. The number of nitrogens with zero attached hydrogens (tertiary/aromatic N) is 1. The Kier molecular flexibility index (Phi) is 6.35. The fraction of sp³-hybridized carbons (Fsp3) is 0.320. The standard InChI is InChI=1S/C25H26ClFN2O/c1-17-6-7-18(14-24(17)27)15-28-25(30)19-10-12-29(13-11-19)16-20-8-9-23(26)22-5-3-2-4-21(20)22/h2-9,14,19H,10-13,15-16H2,1H3,(H,28,30). The zero-order valence-electron chi connectivity index (χ0n) is 17.1. The third-order valence-corrected chi connectivity index (χ3v) is 6.35. The summed E-state index contributed by atoms with van der Waals surface area (Å²) in [5, 5.41) is 6.02. The first-order chi connectivity index (χ1) is 14.5. The predicted molar refractivity (Wildman–Crippen MR) is 120 cm³/mol. The zero-order chi connectivity index (χ0) is 21.1. The summed E-state index contributed by atoms with van der Waals surface area (Å²) in [6.45, 7) is 4.72. The van der Waals surface area contributed by atoms with Crippen molar-refractivity contribution in [1.82, 2.24) is 10.2 Å². The molecule has 3 aromatic carbocycles. The maximum atomic E-state index is 13.7. The van der Waals surface area contributed by atoms with Crippen molar-refractivity contribution in [1.29, 1.82) is 0 Å². The second-order valence-electron chi connectivity index (χ2n) is 8.10. The molecule has 5 heteroatoms. The monoisotopic (exact) mass is 424 g/mol. The van der Waals surface area contributed by atoms with E-state index in [1.165, 1.54) is 17.0 Å². The molecule has 4 rings (SSSR count). The first-order valence-electron chi connectivity index (χ1n) is 10.4. The number of carbonyl (C=O) groups excluding carboxylic acids is 1. The number of rotatable bonds is 5. The van der Waals surface area contributed by atoms with Crippen LogP contribution in [-0.4, -0.2) is 23.9 Å². The van der Waals surface area contributed by atoms with E-state index in [9.17, 15) is 9.18 Å². The minimum atomic E-state index is -0.232. The van der Waals surface area contributed by atoms with E-state index in [2.05, 4.69) is 28.4 Å². The molecule has 1 aliphatic heterocycles. The van der Waals surface area contributed by atoms with E-state index in [1.807, 2.05) is 24.3 Å². The van der Waals surface area contributed by atoms with Gasteiger partial charge in [-0.25, -0.2) is 4.39 Å². The Balaban J connectivity index is 1.31. The minimum Gasteiger partial charge on any atom is -0.352 e. The SMILES string of the molecule is Cc1ccc(CNC(=O)C2CCN(Cc3ccc(Cl)c4ccccc34)CC2)cc1F. The van der Waals surface area contributed by atoms with Crippen molar-refractivity contribution in [3.05, 3.63) is 82.1 Å². The van der Waals surface area contributed by atoms with Crippen LogP contribution in [0.1, 0.15) is 29.5 Å². The van der Waals surface area contributed by atoms with Crippen LogP contribution in [0, 0.1) is 18.7 Å². The van der Waals surface area contributed by atoms with E-state index < -0.39 is 0 Å². The molecule has 1 saturated heterocycles. The Bertz CT molecular complexity index is 1060. The molecule has 0 spiro atoms. The lowest BCUT2D eigenvalue weighted by molar-refractivity contribution is -0.126. The number of fused-ring (bicyclic) bond motifs is 1. The third-order valence-electron chi connectivity index (χ3n) is 6.02. The van der Waals surface area contributed by atoms with E-state index in [4.69, 9.17) is 11.6 Å². The first kappa shape index (κ1) is 20.8. The topological polar surface area (TPSA) is 32.3 Å². The van der Waals surface area contributed by atoms with Gasteiger partial charge < -0.3 is 5.32 Å². The molecule has 156 valence electrons. The molecule has 0 saturated carbocycles. The number of piperidine rings is 1. The van der Waals surface area contributed by atoms with Crippen molar-refractivity contribution in [2.75, 3.05) is 13.1 Å². The van der Waals surface area contributed by atoms with Gasteiger partial charge in [0.2, 0.25) is 5.91 Å². The number of halogens is 2. The van der Waals surface area contributed by atoms with Gasteiger partial charge in [-0.1, -0.05) is 54.1 Å². The lowest BCUT2D eigenvalue weighted by Crippen LogP contribution is -2.40. The molecule has 0 radical (unpaired) electrons. The average molecular weight is 425 g/mol. The van der Waals surface area contributed by atoms with Gasteiger partial charge in [0.1, 0.15) is 5.82 Å². The van der Waals surface area contributed by atoms with Crippen LogP contribution >= 0.6 is 11.6 Å². The fourth-order valence-corrected chi connectivity index (χ4v) is 4.36. The van der Waals surface area contributed by atoms with Crippen molar-refractivity contribution < 1.29 is 9.18 Å². The van der Waals surface area contributed by atoms with Crippen LogP contribution < -0.4 is 5.32 Å². The highest BCUT2D eigenvalue weighted by Crippen LogP contribution is 2.28. The van der Waals surface area contributed by atoms with Gasteiger partial charge in [-0.15, -0.1) is 0 Å². The quantitative estimate of drug-likeness (QED) is 0.589. The highest BCUT2D eigenvalue weighted by molar-refractivity contribution is 6.35. The molecule has 0 aromatic heterocycles. The van der Waals surface area contributed by atoms with Gasteiger partial charge in [0.05, 0.1) is 0 Å². The third kappa shape index (κ3) is 4.66. The van der Waals surface area contributed by atoms with Crippen LogP contribution in [0.5, 0.6) is 0 Å². The zero-order valence-corrected chi connectivity index (χ0v) is 17.9. The van der Waals surface area contributed by atoms with Crippen molar-refractivity contribution in [2.45, 2.75) is 32.9 Å². The van der Waals surface area contributed by atoms with Crippen LogP contribution in [0.15, 0.2) is 54.6 Å². The normalized spacial score (nSPS) is 15.4. The van der Waals surface area contributed by atoms with Crippen molar-refractivity contribution >= 4 is 28.3 Å². The molecule has 0 bridgehead atoms. The smallest absolute Gasteiger partial charge is 0.223 e. The van der Waals surface area contributed by atoms with Crippen molar-refractivity contribution in [3.63, 3.8) is 0 Å². The predicted octanol–water partition coefficient (Wildman–Crippen LogP) is 5.47. The lowest BCUT2D eigenvalue weighted by Gasteiger charge is -2.31. The minimum absolute atomic E-state index is 0.0125. The van der Waals surface area contributed by atoms with E-state index in [0.717, 1.165) is 48.4 Å². The Morgan fingerprint density at radius 3 is 2.57 bits per heavy atom. The number of hydrogen-bond acceptors (Lipinski definition) is 2. The highest BCUT2D eigenvalue weighted by atomic mass is 35.5. The molecular weight excluding hydrogens is 399 g/mol. The molecule has 0 aliphatic carbocycles. The number of carbonyl (C=O) groups is 1. The number of amides is 1. The number of benzene rings is 3. The number of nitrogens with one attached hydrogen (secondary N) is 1. The number of aryl methyl sites for hydroxylation is 1. The van der Waals surface area contributed by atoms with Crippen LogP contribution in [0.25, 0.3) is 10.8 Å². The molecular formula is C25H26ClFN2O. The summed E-state index contributed by atoms with van der Waals surface area (Å²) < 4.78 is 13.7. The molecule has 3 aromatic rings.